The minimum atomic E-state index is -0.436. The van der Waals surface area contributed by atoms with Crippen LogP contribution in [-0.2, 0) is 16.6 Å². The van der Waals surface area contributed by atoms with E-state index in [-0.39, 0.29) is 24.2 Å². The van der Waals surface area contributed by atoms with Crippen molar-refractivity contribution in [3.8, 4) is 29.3 Å². The van der Waals surface area contributed by atoms with E-state index in [0.29, 0.717) is 64.6 Å². The maximum absolute atomic E-state index is 12.6. The first-order valence-corrected chi connectivity index (χ1v) is 18.4. The topological polar surface area (TPSA) is 182 Å². The highest BCUT2D eigenvalue weighted by atomic mass is 32.1. The lowest BCUT2D eigenvalue weighted by atomic mass is 9.48. The summed E-state index contributed by atoms with van der Waals surface area (Å²) in [6.45, 7) is 4.24. The molecular formula is C35H40N10O4S. The predicted octanol–water partition coefficient (Wildman–Crippen LogP) is 4.73. The van der Waals surface area contributed by atoms with Gasteiger partial charge in [0.1, 0.15) is 17.2 Å². The van der Waals surface area contributed by atoms with Crippen molar-refractivity contribution in [1.29, 1.82) is 5.26 Å². The number of thiophene rings is 1. The summed E-state index contributed by atoms with van der Waals surface area (Å²) >= 11 is 1.57. The van der Waals surface area contributed by atoms with Crippen LogP contribution in [0, 0.1) is 17.2 Å². The molecule has 15 heteroatoms. The van der Waals surface area contributed by atoms with Gasteiger partial charge in [-0.15, -0.1) is 16.4 Å². The van der Waals surface area contributed by atoms with Gasteiger partial charge in [-0.05, 0) is 83.7 Å². The average Bonchev–Trinajstić information content (AvgIpc) is 3.91. The summed E-state index contributed by atoms with van der Waals surface area (Å²) in [5.41, 5.74) is 9.21. The zero-order chi connectivity index (χ0) is 34.1. The lowest BCUT2D eigenvalue weighted by Crippen LogP contribution is -2.49. The molecule has 1 spiro atoms. The van der Waals surface area contributed by atoms with Gasteiger partial charge in [0, 0.05) is 47.0 Å². The number of hydrogen-bond acceptors (Lipinski definition) is 12. The fraction of sp³-hybridized carbons (Fsp3) is 0.543. The Morgan fingerprint density at radius 1 is 1.28 bits per heavy atom. The van der Waals surface area contributed by atoms with Gasteiger partial charge in [0.25, 0.3) is 0 Å². The first-order chi connectivity index (χ1) is 24.3. The van der Waals surface area contributed by atoms with Crippen LogP contribution in [0.4, 0.5) is 15.6 Å². The second-order valence-electron chi connectivity index (χ2n) is 14.4. The van der Waals surface area contributed by atoms with E-state index in [4.69, 9.17) is 29.7 Å². The van der Waals surface area contributed by atoms with Crippen molar-refractivity contribution in [3.05, 3.63) is 45.7 Å². The van der Waals surface area contributed by atoms with E-state index in [1.807, 2.05) is 0 Å². The molecule has 0 aromatic carbocycles. The Balaban J connectivity index is 1.09. The van der Waals surface area contributed by atoms with Crippen molar-refractivity contribution in [2.75, 3.05) is 37.9 Å². The van der Waals surface area contributed by atoms with Gasteiger partial charge in [0.05, 0.1) is 23.6 Å². The van der Waals surface area contributed by atoms with E-state index in [9.17, 15) is 10.1 Å². The second kappa shape index (κ2) is 12.1. The number of likely N-dealkylation sites (tertiary alicyclic amines) is 1. The Bertz CT molecular complexity index is 2000. The largest absolute Gasteiger partial charge is 0.473 e. The van der Waals surface area contributed by atoms with Crippen LogP contribution in [-0.4, -0.2) is 80.8 Å². The number of rotatable bonds is 7. The van der Waals surface area contributed by atoms with Crippen molar-refractivity contribution < 1.29 is 18.8 Å². The van der Waals surface area contributed by atoms with E-state index in [2.05, 4.69) is 45.8 Å². The second-order valence-corrected chi connectivity index (χ2v) is 15.5. The molecule has 2 bridgehead atoms. The molecule has 4 N–H and O–H groups in total. The number of fused-ring (bicyclic) bond motifs is 1. The van der Waals surface area contributed by atoms with Gasteiger partial charge >= 0.3 is 6.03 Å². The van der Waals surface area contributed by atoms with Gasteiger partial charge in [-0.3, -0.25) is 10.2 Å². The third-order valence-electron chi connectivity index (χ3n) is 11.6. The monoisotopic (exact) mass is 696 g/mol. The molecule has 4 atom stereocenters. The minimum Gasteiger partial charge on any atom is -0.473 e. The highest BCUT2D eigenvalue weighted by Crippen LogP contribution is 2.67. The molecule has 50 heavy (non-hydrogen) atoms. The molecule has 4 aromatic heterocycles. The molecule has 10 rings (SSSR count). The number of amides is 2. The van der Waals surface area contributed by atoms with Gasteiger partial charge in [-0.25, -0.2) is 14.5 Å². The number of likely N-dealkylation sites (N-methyl/N-ethyl adjacent to an activating group) is 1. The Morgan fingerprint density at radius 3 is 2.94 bits per heavy atom. The van der Waals surface area contributed by atoms with Crippen molar-refractivity contribution in [1.82, 2.24) is 35.1 Å². The van der Waals surface area contributed by atoms with Crippen molar-refractivity contribution >= 4 is 28.2 Å². The molecule has 6 heterocycles. The lowest BCUT2D eigenvalue weighted by Gasteiger charge is -2.54. The maximum atomic E-state index is 12.6. The smallest absolute Gasteiger partial charge is 0.320 e. The van der Waals surface area contributed by atoms with Gasteiger partial charge in [0.2, 0.25) is 5.88 Å². The summed E-state index contributed by atoms with van der Waals surface area (Å²) in [6, 6.07) is 5.81. The van der Waals surface area contributed by atoms with Gasteiger partial charge < -0.3 is 25.0 Å². The summed E-state index contributed by atoms with van der Waals surface area (Å²) < 4.78 is 19.9. The summed E-state index contributed by atoms with van der Waals surface area (Å²) in [7, 11) is 2.12. The van der Waals surface area contributed by atoms with Crippen LogP contribution in [0.3, 0.4) is 0 Å². The molecule has 2 aliphatic heterocycles. The number of nitrogens with one attached hydrogen (secondary N) is 2. The van der Waals surface area contributed by atoms with E-state index >= 15 is 0 Å². The molecule has 2 amide bonds. The molecular weight excluding hydrogens is 657 g/mol. The SMILES string of the molecule is C[C@H](Oc1cc(-n2ccc(NC(=O)N[C@H]3CCOC3)n2)nc(-c2noc3c2CCCC32c3c(sc(N)c3C#N)C3CC2C3)n1)[C@@H]1CCCN1C. The number of nitrogens with zero attached hydrogens (tertiary/aromatic N) is 7. The van der Waals surface area contributed by atoms with E-state index in [0.717, 1.165) is 74.8 Å². The standard InChI is InChI=1S/C35H40N10O4S/c1-18(24-6-4-10-44(24)2)48-27-15-26(45-11-7-25(42-45)39-34(46)38-21-8-12-47-17-21)40-33(41-27)29-22-5-3-9-35(31(22)49-43-29)20-13-19(14-20)30-28(35)23(16-36)32(37)50-30/h7,11,15,18-21,24H,3-6,8-10,12-14,17,37H2,1-2H3,(H2,38,39,42,46)/t18-,19?,20?,21-,24-,35?/m0/s1. The third kappa shape index (κ3) is 4.98. The van der Waals surface area contributed by atoms with Gasteiger partial charge in [-0.2, -0.15) is 10.2 Å². The summed E-state index contributed by atoms with van der Waals surface area (Å²) in [5, 5.41) is 25.8. The molecule has 1 unspecified atom stereocenters. The predicted molar refractivity (Wildman–Crippen MR) is 184 cm³/mol. The molecule has 260 valence electrons. The van der Waals surface area contributed by atoms with Crippen LogP contribution in [0.5, 0.6) is 5.88 Å². The summed E-state index contributed by atoms with van der Waals surface area (Å²) in [6.07, 6.45) is 9.26. The molecule has 3 fully saturated rings. The highest BCUT2D eigenvalue weighted by molar-refractivity contribution is 7.16. The molecule has 6 aliphatic rings. The van der Waals surface area contributed by atoms with Crippen LogP contribution >= 0.6 is 11.3 Å². The first kappa shape index (κ1) is 31.5. The number of urea groups is 1. The zero-order valence-corrected chi connectivity index (χ0v) is 29.0. The van der Waals surface area contributed by atoms with Gasteiger partial charge in [-0.1, -0.05) is 5.16 Å². The molecule has 1 saturated carbocycles. The Hall–Kier alpha value is -4.52. The van der Waals surface area contributed by atoms with E-state index in [1.165, 1.54) is 4.88 Å². The normalized spacial score (nSPS) is 27.3. The minimum absolute atomic E-state index is 0.0239. The Labute approximate surface area is 293 Å². The number of carbonyl (C=O) groups excluding carboxylic acids is 1. The van der Waals surface area contributed by atoms with Crippen LogP contribution in [0.1, 0.15) is 85.1 Å². The molecule has 0 radical (unpaired) electrons. The van der Waals surface area contributed by atoms with Crippen LogP contribution in [0.2, 0.25) is 0 Å². The Morgan fingerprint density at radius 2 is 2.16 bits per heavy atom. The van der Waals surface area contributed by atoms with Crippen LogP contribution < -0.4 is 21.1 Å². The maximum Gasteiger partial charge on any atom is 0.320 e. The third-order valence-corrected chi connectivity index (χ3v) is 12.8. The quantitative estimate of drug-likeness (QED) is 0.243. The first-order valence-electron chi connectivity index (χ1n) is 17.6. The number of carbonyl (C=O) groups is 1. The summed E-state index contributed by atoms with van der Waals surface area (Å²) in [5.74, 6) is 3.27. The fourth-order valence-corrected chi connectivity index (χ4v) is 10.3. The van der Waals surface area contributed by atoms with Gasteiger partial charge in [0.15, 0.2) is 28.9 Å². The van der Waals surface area contributed by atoms with Crippen LogP contribution in [0.15, 0.2) is 22.9 Å². The van der Waals surface area contributed by atoms with E-state index < -0.39 is 5.41 Å². The lowest BCUT2D eigenvalue weighted by molar-refractivity contribution is 0.0985. The van der Waals surface area contributed by atoms with Crippen molar-refractivity contribution in [2.24, 2.45) is 5.92 Å². The number of aromatic nitrogens is 5. The van der Waals surface area contributed by atoms with E-state index in [1.54, 1.807) is 34.3 Å². The highest BCUT2D eigenvalue weighted by Gasteiger charge is 2.60. The number of ether oxygens (including phenoxy) is 2. The number of hydrogen-bond donors (Lipinski definition) is 3. The number of nitriles is 1. The molecule has 4 aromatic rings. The van der Waals surface area contributed by atoms with Crippen LogP contribution in [0.25, 0.3) is 17.3 Å². The summed E-state index contributed by atoms with van der Waals surface area (Å²) in [4.78, 5) is 26.1. The average molecular weight is 697 g/mol. The zero-order valence-electron chi connectivity index (χ0n) is 28.1. The van der Waals surface area contributed by atoms with Crippen molar-refractivity contribution in [2.45, 2.75) is 87.8 Å². The van der Waals surface area contributed by atoms with Crippen molar-refractivity contribution in [3.63, 3.8) is 0 Å². The molecule has 14 nitrogen and oxygen atoms in total. The number of nitrogens with two attached hydrogens (primary N) is 1. The number of nitrogen functional groups attached to an aromatic ring is 1. The number of anilines is 2. The molecule has 2 saturated heterocycles. The molecule has 4 aliphatic carbocycles. The Kier molecular flexibility index (Phi) is 7.59. The fourth-order valence-electron chi connectivity index (χ4n) is 9.10.